The standard InChI is InChI=1S/C11H20N2O/c1-8-5-12-7-10(8)11(14)13-6-9-3-2-4-9/h8-10,12H,2-7H2,1H3,(H,13,14). The Kier molecular flexibility index (Phi) is 3.06. The van der Waals surface area contributed by atoms with Crippen molar-refractivity contribution >= 4 is 5.91 Å². The summed E-state index contributed by atoms with van der Waals surface area (Å²) >= 11 is 0. The molecule has 3 nitrogen and oxygen atoms in total. The molecule has 0 aromatic heterocycles. The Balaban J connectivity index is 1.71. The molecule has 0 aromatic rings. The number of hydrogen-bond donors (Lipinski definition) is 2. The van der Waals surface area contributed by atoms with Gasteiger partial charge >= 0.3 is 0 Å². The third-order valence-electron chi connectivity index (χ3n) is 3.64. The lowest BCUT2D eigenvalue weighted by Crippen LogP contribution is -2.38. The lowest BCUT2D eigenvalue weighted by Gasteiger charge is -2.26. The van der Waals surface area contributed by atoms with Crippen LogP contribution in [0.25, 0.3) is 0 Å². The maximum absolute atomic E-state index is 11.7. The van der Waals surface area contributed by atoms with E-state index in [1.807, 2.05) is 0 Å². The van der Waals surface area contributed by atoms with E-state index in [-0.39, 0.29) is 11.8 Å². The van der Waals surface area contributed by atoms with E-state index in [4.69, 9.17) is 0 Å². The Morgan fingerprint density at radius 2 is 2.21 bits per heavy atom. The van der Waals surface area contributed by atoms with E-state index >= 15 is 0 Å². The van der Waals surface area contributed by atoms with Crippen LogP contribution in [0.3, 0.4) is 0 Å². The molecule has 1 aliphatic heterocycles. The Morgan fingerprint density at radius 3 is 2.71 bits per heavy atom. The van der Waals surface area contributed by atoms with Gasteiger partial charge in [-0.15, -0.1) is 0 Å². The van der Waals surface area contributed by atoms with Crippen molar-refractivity contribution in [2.75, 3.05) is 19.6 Å². The molecule has 2 atom stereocenters. The van der Waals surface area contributed by atoms with Crippen molar-refractivity contribution < 1.29 is 4.79 Å². The minimum absolute atomic E-state index is 0.204. The van der Waals surface area contributed by atoms with Crippen molar-refractivity contribution in [2.45, 2.75) is 26.2 Å². The predicted octanol–water partition coefficient (Wildman–Crippen LogP) is 0.758. The van der Waals surface area contributed by atoms with E-state index < -0.39 is 0 Å². The van der Waals surface area contributed by atoms with Gasteiger partial charge in [-0.3, -0.25) is 4.79 Å². The molecular formula is C11H20N2O. The van der Waals surface area contributed by atoms with E-state index in [1.165, 1.54) is 19.3 Å². The maximum atomic E-state index is 11.7. The molecule has 2 aliphatic rings. The highest BCUT2D eigenvalue weighted by atomic mass is 16.1. The van der Waals surface area contributed by atoms with Crippen LogP contribution in [0.2, 0.25) is 0 Å². The summed E-state index contributed by atoms with van der Waals surface area (Å²) in [6.07, 6.45) is 3.96. The summed E-state index contributed by atoms with van der Waals surface area (Å²) in [4.78, 5) is 11.7. The van der Waals surface area contributed by atoms with Gasteiger partial charge in [-0.25, -0.2) is 0 Å². The van der Waals surface area contributed by atoms with Gasteiger partial charge in [0.2, 0.25) is 5.91 Å². The molecule has 1 saturated heterocycles. The van der Waals surface area contributed by atoms with E-state index in [2.05, 4.69) is 17.6 Å². The smallest absolute Gasteiger partial charge is 0.224 e. The van der Waals surface area contributed by atoms with Crippen molar-refractivity contribution in [3.63, 3.8) is 0 Å². The third kappa shape index (κ3) is 2.08. The van der Waals surface area contributed by atoms with Crippen molar-refractivity contribution in [1.29, 1.82) is 0 Å². The normalized spacial score (nSPS) is 32.6. The molecule has 1 amide bonds. The van der Waals surface area contributed by atoms with Crippen LogP contribution >= 0.6 is 0 Å². The second-order valence-electron chi connectivity index (χ2n) is 4.78. The molecular weight excluding hydrogens is 176 g/mol. The molecule has 80 valence electrons. The first kappa shape index (κ1) is 9.97. The average Bonchev–Trinajstić information content (AvgIpc) is 2.48. The van der Waals surface area contributed by atoms with Crippen molar-refractivity contribution in [2.24, 2.45) is 17.8 Å². The maximum Gasteiger partial charge on any atom is 0.224 e. The van der Waals surface area contributed by atoms with Gasteiger partial charge in [-0.1, -0.05) is 13.3 Å². The van der Waals surface area contributed by atoms with Crippen molar-refractivity contribution in [3.8, 4) is 0 Å². The Hall–Kier alpha value is -0.570. The molecule has 1 aliphatic carbocycles. The summed E-state index contributed by atoms with van der Waals surface area (Å²) < 4.78 is 0. The van der Waals surface area contributed by atoms with Gasteiger partial charge in [-0.2, -0.15) is 0 Å². The minimum atomic E-state index is 0.204. The average molecular weight is 196 g/mol. The highest BCUT2D eigenvalue weighted by molar-refractivity contribution is 5.79. The first-order valence-electron chi connectivity index (χ1n) is 5.76. The molecule has 0 aromatic carbocycles. The second-order valence-corrected chi connectivity index (χ2v) is 4.78. The van der Waals surface area contributed by atoms with E-state index in [0.717, 1.165) is 25.6 Å². The zero-order valence-corrected chi connectivity index (χ0v) is 8.88. The molecule has 2 fully saturated rings. The van der Waals surface area contributed by atoms with Gasteiger partial charge in [0, 0.05) is 13.1 Å². The van der Waals surface area contributed by atoms with Gasteiger partial charge in [0.1, 0.15) is 0 Å². The summed E-state index contributed by atoms with van der Waals surface area (Å²) in [6, 6.07) is 0. The van der Waals surface area contributed by atoms with Crippen LogP contribution < -0.4 is 10.6 Å². The van der Waals surface area contributed by atoms with Gasteiger partial charge in [0.25, 0.3) is 0 Å². The van der Waals surface area contributed by atoms with E-state index in [1.54, 1.807) is 0 Å². The van der Waals surface area contributed by atoms with Crippen LogP contribution in [0.4, 0.5) is 0 Å². The van der Waals surface area contributed by atoms with Gasteiger partial charge < -0.3 is 10.6 Å². The fraction of sp³-hybridized carbons (Fsp3) is 0.909. The quantitative estimate of drug-likeness (QED) is 0.699. The van der Waals surface area contributed by atoms with E-state index in [9.17, 15) is 4.79 Å². The first-order chi connectivity index (χ1) is 6.77. The lowest BCUT2D eigenvalue weighted by atomic mass is 9.85. The van der Waals surface area contributed by atoms with Crippen LogP contribution in [-0.4, -0.2) is 25.5 Å². The van der Waals surface area contributed by atoms with Crippen LogP contribution in [0.1, 0.15) is 26.2 Å². The molecule has 2 rings (SSSR count). The zero-order valence-electron chi connectivity index (χ0n) is 8.88. The SMILES string of the molecule is CC1CNCC1C(=O)NCC1CCC1. The van der Waals surface area contributed by atoms with Gasteiger partial charge in [0.15, 0.2) is 0 Å². The first-order valence-corrected chi connectivity index (χ1v) is 5.76. The topological polar surface area (TPSA) is 41.1 Å². The minimum Gasteiger partial charge on any atom is -0.356 e. The predicted molar refractivity (Wildman–Crippen MR) is 55.9 cm³/mol. The van der Waals surface area contributed by atoms with Crippen LogP contribution in [-0.2, 0) is 4.79 Å². The Bertz CT molecular complexity index is 213. The highest BCUT2D eigenvalue weighted by Gasteiger charge is 2.30. The molecule has 2 unspecified atom stereocenters. The highest BCUT2D eigenvalue weighted by Crippen LogP contribution is 2.25. The molecule has 14 heavy (non-hydrogen) atoms. The molecule has 1 saturated carbocycles. The van der Waals surface area contributed by atoms with Crippen LogP contribution in [0, 0.1) is 17.8 Å². The number of carbonyl (C=O) groups excluding carboxylic acids is 1. The Morgan fingerprint density at radius 1 is 1.43 bits per heavy atom. The molecule has 0 spiro atoms. The summed E-state index contributed by atoms with van der Waals surface area (Å²) in [5.41, 5.74) is 0. The molecule has 0 radical (unpaired) electrons. The fourth-order valence-electron chi connectivity index (χ4n) is 2.23. The van der Waals surface area contributed by atoms with Crippen LogP contribution in [0.5, 0.6) is 0 Å². The summed E-state index contributed by atoms with van der Waals surface area (Å²) in [6.45, 7) is 4.90. The third-order valence-corrected chi connectivity index (χ3v) is 3.64. The van der Waals surface area contributed by atoms with Gasteiger partial charge in [0.05, 0.1) is 5.92 Å². The number of nitrogens with one attached hydrogen (secondary N) is 2. The monoisotopic (exact) mass is 196 g/mol. The summed E-state index contributed by atoms with van der Waals surface area (Å²) in [5, 5.41) is 6.34. The largest absolute Gasteiger partial charge is 0.356 e. The molecule has 1 heterocycles. The number of rotatable bonds is 3. The summed E-state index contributed by atoms with van der Waals surface area (Å²) in [5.74, 6) is 1.73. The number of carbonyl (C=O) groups is 1. The molecule has 2 N–H and O–H groups in total. The second kappa shape index (κ2) is 4.30. The number of amides is 1. The van der Waals surface area contributed by atoms with Crippen molar-refractivity contribution in [1.82, 2.24) is 10.6 Å². The van der Waals surface area contributed by atoms with E-state index in [0.29, 0.717) is 5.92 Å². The Labute approximate surface area is 85.6 Å². The summed E-state index contributed by atoms with van der Waals surface area (Å²) in [7, 11) is 0. The van der Waals surface area contributed by atoms with Gasteiger partial charge in [-0.05, 0) is 31.2 Å². The zero-order chi connectivity index (χ0) is 9.97. The molecule has 3 heteroatoms. The number of hydrogen-bond acceptors (Lipinski definition) is 2. The fourth-order valence-corrected chi connectivity index (χ4v) is 2.23. The lowest BCUT2D eigenvalue weighted by molar-refractivity contribution is -0.125. The van der Waals surface area contributed by atoms with Crippen molar-refractivity contribution in [3.05, 3.63) is 0 Å². The molecule has 0 bridgehead atoms. The van der Waals surface area contributed by atoms with Crippen LogP contribution in [0.15, 0.2) is 0 Å².